The lowest BCUT2D eigenvalue weighted by Crippen LogP contribution is -2.16. The Morgan fingerprint density at radius 3 is 2.00 bits per heavy atom. The van der Waals surface area contributed by atoms with Crippen LogP contribution in [-0.2, 0) is 12.4 Å². The van der Waals surface area contributed by atoms with Gasteiger partial charge in [-0.15, -0.1) is 11.3 Å². The van der Waals surface area contributed by atoms with Crippen molar-refractivity contribution in [2.75, 3.05) is 0 Å². The van der Waals surface area contributed by atoms with Crippen molar-refractivity contribution in [3.05, 3.63) is 51.4 Å². The van der Waals surface area contributed by atoms with Crippen molar-refractivity contribution in [2.24, 2.45) is 0 Å². The van der Waals surface area contributed by atoms with Crippen LogP contribution in [-0.4, -0.2) is 5.78 Å². The summed E-state index contributed by atoms with van der Waals surface area (Å²) in [6, 6.07) is 3.71. The lowest BCUT2D eigenvalue weighted by Gasteiger charge is -2.15. The van der Waals surface area contributed by atoms with E-state index in [4.69, 9.17) is 10.5 Å². The molecule has 0 N–H and O–H groups in total. The Morgan fingerprint density at radius 1 is 1.00 bits per heavy atom. The van der Waals surface area contributed by atoms with Gasteiger partial charge in [-0.05, 0) is 12.1 Å². The van der Waals surface area contributed by atoms with Crippen molar-refractivity contribution in [3.8, 4) is 12.1 Å². The van der Waals surface area contributed by atoms with E-state index in [1.807, 2.05) is 0 Å². The molecule has 3 rings (SSSR count). The maximum Gasteiger partial charge on any atom is 0.417 e. The molecule has 0 unspecified atom stereocenters. The Bertz CT molecular complexity index is 1140. The number of benzene rings is 1. The largest absolute Gasteiger partial charge is 0.417 e. The molecule has 10 heteroatoms. The van der Waals surface area contributed by atoms with Gasteiger partial charge in [-0.2, -0.15) is 36.9 Å². The van der Waals surface area contributed by atoms with E-state index in [0.29, 0.717) is 17.4 Å². The number of hydrogen-bond acceptors (Lipinski definition) is 4. The fourth-order valence-corrected chi connectivity index (χ4v) is 4.12. The summed E-state index contributed by atoms with van der Waals surface area (Å²) in [6.45, 7) is 3.45. The number of rotatable bonds is 0. The minimum absolute atomic E-state index is 0.0365. The minimum atomic E-state index is -5.30. The first-order valence-electron chi connectivity index (χ1n) is 6.95. The van der Waals surface area contributed by atoms with Gasteiger partial charge in [0.25, 0.3) is 0 Å². The predicted octanol–water partition coefficient (Wildman–Crippen LogP) is 5.49. The molecule has 0 saturated heterocycles. The Balaban J connectivity index is 2.47. The first-order chi connectivity index (χ1) is 12.4. The van der Waals surface area contributed by atoms with E-state index in [1.54, 1.807) is 12.1 Å². The van der Waals surface area contributed by atoms with Crippen molar-refractivity contribution in [2.45, 2.75) is 12.4 Å². The van der Waals surface area contributed by atoms with E-state index in [9.17, 15) is 31.1 Å². The van der Waals surface area contributed by atoms with Crippen LogP contribution >= 0.6 is 11.3 Å². The summed E-state index contributed by atoms with van der Waals surface area (Å²) >= 11 is 0.602. The number of carbonyl (C=O) groups excluding carboxylic acids is 1. The highest BCUT2D eigenvalue weighted by molar-refractivity contribution is 7.21. The van der Waals surface area contributed by atoms with Gasteiger partial charge >= 0.3 is 12.4 Å². The Kier molecular flexibility index (Phi) is 3.94. The monoisotopic (exact) mass is 398 g/mol. The normalized spacial score (nSPS) is 14.3. The van der Waals surface area contributed by atoms with Crippen molar-refractivity contribution in [1.82, 2.24) is 0 Å². The summed E-state index contributed by atoms with van der Waals surface area (Å²) in [4.78, 5) is 12.4. The molecule has 1 aliphatic carbocycles. The summed E-state index contributed by atoms with van der Waals surface area (Å²) in [7, 11) is 0. The zero-order chi connectivity index (χ0) is 20.3. The van der Waals surface area contributed by atoms with Crippen LogP contribution in [0.2, 0.25) is 0 Å². The number of ketones is 1. The van der Waals surface area contributed by atoms with E-state index in [1.165, 1.54) is 0 Å². The molecule has 136 valence electrons. The second kappa shape index (κ2) is 5.69. The van der Waals surface area contributed by atoms with Crippen LogP contribution in [0.25, 0.3) is 15.7 Å². The molecule has 3 nitrogen and oxygen atoms in total. The molecule has 1 aromatic heterocycles. The molecule has 1 aromatic carbocycles. The second-order valence-corrected chi connectivity index (χ2v) is 6.53. The number of carbonyl (C=O) groups is 1. The molecule has 0 saturated carbocycles. The van der Waals surface area contributed by atoms with Crippen LogP contribution in [0.5, 0.6) is 0 Å². The SMILES string of the molecule is C=C1C(=O)c2c(sc3cc(C(F)(F)F)c(C(F)(F)F)cc23)C1=C(C#N)C#N. The van der Waals surface area contributed by atoms with Gasteiger partial charge in [-0.25, -0.2) is 0 Å². The molecule has 2 aromatic rings. The van der Waals surface area contributed by atoms with Gasteiger partial charge in [0.1, 0.15) is 17.7 Å². The minimum Gasteiger partial charge on any atom is -0.289 e. The number of nitrogens with zero attached hydrogens (tertiary/aromatic N) is 2. The number of hydrogen-bond donors (Lipinski definition) is 0. The van der Waals surface area contributed by atoms with Crippen LogP contribution < -0.4 is 0 Å². The third kappa shape index (κ3) is 2.69. The van der Waals surface area contributed by atoms with Gasteiger partial charge in [-0.1, -0.05) is 6.58 Å². The molecule has 0 bridgehead atoms. The number of alkyl halides is 6. The van der Waals surface area contributed by atoms with E-state index < -0.39 is 34.8 Å². The standard InChI is InChI=1S/C17H4F6N2OS/c1-6-12(7(4-24)5-25)15-13(14(6)26)8-2-9(16(18,19)20)10(17(21,22)23)3-11(8)27-15/h2-3H,1H2. The summed E-state index contributed by atoms with van der Waals surface area (Å²) in [5, 5.41) is 17.7. The number of allylic oxidation sites excluding steroid dienone is 3. The third-order valence-corrected chi connectivity index (χ3v) is 5.11. The maximum absolute atomic E-state index is 13.2. The first kappa shape index (κ1) is 18.7. The summed E-state index contributed by atoms with van der Waals surface area (Å²) < 4.78 is 78.5. The molecular weight excluding hydrogens is 394 g/mol. The van der Waals surface area contributed by atoms with Gasteiger partial charge in [0.05, 0.1) is 11.1 Å². The highest BCUT2D eigenvalue weighted by Gasteiger charge is 2.45. The average molecular weight is 398 g/mol. The molecule has 0 amide bonds. The number of Topliss-reactive ketones (excluding diaryl/α,β-unsaturated/α-hetero) is 1. The average Bonchev–Trinajstić information content (AvgIpc) is 3.03. The van der Waals surface area contributed by atoms with Crippen LogP contribution in [0, 0.1) is 22.7 Å². The summed E-state index contributed by atoms with van der Waals surface area (Å²) in [6.07, 6.45) is -10.6. The molecule has 1 heterocycles. The lowest BCUT2D eigenvalue weighted by molar-refractivity contribution is -0.161. The third-order valence-electron chi connectivity index (χ3n) is 3.94. The highest BCUT2D eigenvalue weighted by Crippen LogP contribution is 2.50. The van der Waals surface area contributed by atoms with Crippen molar-refractivity contribution in [3.63, 3.8) is 0 Å². The molecule has 0 spiro atoms. The second-order valence-electron chi connectivity index (χ2n) is 5.48. The van der Waals surface area contributed by atoms with Crippen LogP contribution in [0.4, 0.5) is 26.3 Å². The Morgan fingerprint density at radius 2 is 1.52 bits per heavy atom. The van der Waals surface area contributed by atoms with Crippen LogP contribution in [0.1, 0.15) is 26.4 Å². The Labute approximate surface area is 151 Å². The maximum atomic E-state index is 13.2. The fourth-order valence-electron chi connectivity index (χ4n) is 2.82. The fraction of sp³-hybridized carbons (Fsp3) is 0.118. The Hall–Kier alpha value is -3.11. The van der Waals surface area contributed by atoms with Crippen molar-refractivity contribution < 1.29 is 31.1 Å². The zero-order valence-corrected chi connectivity index (χ0v) is 13.7. The van der Waals surface area contributed by atoms with E-state index in [2.05, 4.69) is 6.58 Å². The quantitative estimate of drug-likeness (QED) is 0.335. The van der Waals surface area contributed by atoms with Gasteiger partial charge in [0.2, 0.25) is 0 Å². The van der Waals surface area contributed by atoms with Gasteiger partial charge < -0.3 is 0 Å². The summed E-state index contributed by atoms with van der Waals surface area (Å²) in [5.74, 6) is -0.831. The van der Waals surface area contributed by atoms with E-state index in [-0.39, 0.29) is 37.7 Å². The topological polar surface area (TPSA) is 64.7 Å². The number of fused-ring (bicyclic) bond motifs is 3. The zero-order valence-electron chi connectivity index (χ0n) is 12.8. The van der Waals surface area contributed by atoms with Gasteiger partial charge in [0.15, 0.2) is 5.78 Å². The van der Waals surface area contributed by atoms with Crippen molar-refractivity contribution >= 4 is 32.8 Å². The number of thiophene rings is 1. The number of nitriles is 2. The molecule has 0 atom stereocenters. The summed E-state index contributed by atoms with van der Waals surface area (Å²) in [5.41, 5.74) is -4.99. The number of halogens is 6. The van der Waals surface area contributed by atoms with Crippen molar-refractivity contribution in [1.29, 1.82) is 10.5 Å². The van der Waals surface area contributed by atoms with E-state index >= 15 is 0 Å². The first-order valence-corrected chi connectivity index (χ1v) is 7.77. The van der Waals surface area contributed by atoms with Crippen LogP contribution in [0.15, 0.2) is 29.9 Å². The van der Waals surface area contributed by atoms with E-state index in [0.717, 1.165) is 0 Å². The van der Waals surface area contributed by atoms with Gasteiger partial charge in [-0.3, -0.25) is 4.79 Å². The predicted molar refractivity (Wildman–Crippen MR) is 83.4 cm³/mol. The highest BCUT2D eigenvalue weighted by atomic mass is 32.1. The molecule has 0 fully saturated rings. The molecule has 0 radical (unpaired) electrons. The smallest absolute Gasteiger partial charge is 0.289 e. The molecule has 27 heavy (non-hydrogen) atoms. The van der Waals surface area contributed by atoms with Crippen LogP contribution in [0.3, 0.4) is 0 Å². The molecule has 0 aliphatic heterocycles. The molecular formula is C17H4F6N2OS. The molecule has 1 aliphatic rings. The van der Waals surface area contributed by atoms with Gasteiger partial charge in [0, 0.05) is 31.7 Å². The lowest BCUT2D eigenvalue weighted by atomic mass is 10.0.